The van der Waals surface area contributed by atoms with Crippen molar-refractivity contribution >= 4 is 28.5 Å². The van der Waals surface area contributed by atoms with Crippen molar-refractivity contribution in [3.63, 3.8) is 0 Å². The molecule has 28 heavy (non-hydrogen) atoms. The minimum atomic E-state index is -0.542. The summed E-state index contributed by atoms with van der Waals surface area (Å²) in [4.78, 5) is 48.4. The predicted octanol–water partition coefficient (Wildman–Crippen LogP) is 2.04. The van der Waals surface area contributed by atoms with E-state index < -0.39 is 11.7 Å². The Hall–Kier alpha value is -3.48. The first-order valence-corrected chi connectivity index (χ1v) is 9.17. The molecule has 0 spiro atoms. The van der Waals surface area contributed by atoms with Crippen LogP contribution < -0.4 is 0 Å². The Balaban J connectivity index is 1.44. The van der Waals surface area contributed by atoms with E-state index in [1.165, 1.54) is 4.90 Å². The molecule has 3 aromatic rings. The summed E-state index contributed by atoms with van der Waals surface area (Å²) >= 11 is 0. The number of H-pyrrole nitrogens is 1. The van der Waals surface area contributed by atoms with E-state index in [-0.39, 0.29) is 5.91 Å². The van der Waals surface area contributed by atoms with Crippen molar-refractivity contribution in [3.05, 3.63) is 65.6 Å². The van der Waals surface area contributed by atoms with Crippen molar-refractivity contribution in [2.75, 3.05) is 26.2 Å². The van der Waals surface area contributed by atoms with Crippen LogP contribution in [0.2, 0.25) is 0 Å². The van der Waals surface area contributed by atoms with Crippen LogP contribution >= 0.6 is 0 Å². The molecule has 2 aromatic heterocycles. The maximum Gasteiger partial charge on any atom is 0.295 e. The number of nitrogens with one attached hydrogen (secondary N) is 1. The molecule has 1 aliphatic rings. The minimum absolute atomic E-state index is 0.0568. The third kappa shape index (κ3) is 3.15. The molecule has 0 atom stereocenters. The second-order valence-corrected chi connectivity index (χ2v) is 6.80. The summed E-state index contributed by atoms with van der Waals surface area (Å²) in [6.45, 7) is 3.34. The second-order valence-electron chi connectivity index (χ2n) is 6.80. The van der Waals surface area contributed by atoms with Gasteiger partial charge in [0.05, 0.1) is 16.8 Å². The number of pyridine rings is 1. The number of hydrogen-bond acceptors (Lipinski definition) is 4. The van der Waals surface area contributed by atoms with E-state index in [1.807, 2.05) is 25.1 Å². The number of aromatic nitrogens is 2. The predicted molar refractivity (Wildman–Crippen MR) is 104 cm³/mol. The smallest absolute Gasteiger partial charge is 0.295 e. The van der Waals surface area contributed by atoms with E-state index in [2.05, 4.69) is 9.97 Å². The zero-order valence-corrected chi connectivity index (χ0v) is 15.5. The van der Waals surface area contributed by atoms with E-state index in [9.17, 15) is 14.4 Å². The fourth-order valence-corrected chi connectivity index (χ4v) is 3.52. The first-order valence-electron chi connectivity index (χ1n) is 9.17. The van der Waals surface area contributed by atoms with Gasteiger partial charge in [0.15, 0.2) is 0 Å². The average Bonchev–Trinajstić information content (AvgIpc) is 3.18. The number of fused-ring (bicyclic) bond motifs is 1. The van der Waals surface area contributed by atoms with Gasteiger partial charge in [-0.15, -0.1) is 0 Å². The number of nitrogens with zero attached hydrogens (tertiary/aromatic N) is 3. The van der Waals surface area contributed by atoms with Crippen molar-refractivity contribution in [1.82, 2.24) is 19.8 Å². The molecule has 0 aliphatic carbocycles. The topological polar surface area (TPSA) is 86.4 Å². The lowest BCUT2D eigenvalue weighted by molar-refractivity contribution is -0.127. The summed E-state index contributed by atoms with van der Waals surface area (Å²) in [6.07, 6.45) is 3.19. The summed E-state index contributed by atoms with van der Waals surface area (Å²) in [5.41, 5.74) is 2.52. The Bertz CT molecular complexity index is 1050. The third-order valence-corrected chi connectivity index (χ3v) is 5.11. The fraction of sp³-hybridized carbons (Fsp3) is 0.238. The van der Waals surface area contributed by atoms with Crippen LogP contribution in [0.3, 0.4) is 0 Å². The zero-order chi connectivity index (χ0) is 19.7. The number of piperazine rings is 1. The maximum atomic E-state index is 12.8. The SMILES string of the molecule is Cc1nccc2c(C(=O)C(=O)N3CCN(C(=O)c4ccccc4)CC3)c[nH]c12. The second kappa shape index (κ2) is 7.26. The number of carbonyl (C=O) groups excluding carboxylic acids is 3. The highest BCUT2D eigenvalue weighted by Crippen LogP contribution is 2.21. The van der Waals surface area contributed by atoms with Crippen LogP contribution in [-0.2, 0) is 4.79 Å². The van der Waals surface area contributed by atoms with Crippen molar-refractivity contribution < 1.29 is 14.4 Å². The number of aromatic amines is 1. The first kappa shape index (κ1) is 17.9. The Labute approximate surface area is 162 Å². The molecular formula is C21H20N4O3. The number of ketones is 1. The van der Waals surface area contributed by atoms with Crippen LogP contribution in [0.4, 0.5) is 0 Å². The van der Waals surface area contributed by atoms with Gasteiger partial charge < -0.3 is 14.8 Å². The minimum Gasteiger partial charge on any atom is -0.359 e. The molecule has 2 amide bonds. The number of carbonyl (C=O) groups is 3. The Morgan fingerprint density at radius 3 is 2.36 bits per heavy atom. The van der Waals surface area contributed by atoms with E-state index in [4.69, 9.17) is 0 Å². The number of amides is 2. The van der Waals surface area contributed by atoms with E-state index in [0.717, 1.165) is 11.2 Å². The average molecular weight is 376 g/mol. The van der Waals surface area contributed by atoms with Crippen LogP contribution in [-0.4, -0.2) is 63.5 Å². The molecule has 4 rings (SSSR count). The Morgan fingerprint density at radius 2 is 1.64 bits per heavy atom. The number of Topliss-reactive ketones (excluding diaryl/α,β-unsaturated/α-hetero) is 1. The summed E-state index contributed by atoms with van der Waals surface area (Å²) < 4.78 is 0. The highest BCUT2D eigenvalue weighted by Gasteiger charge is 2.30. The zero-order valence-electron chi connectivity index (χ0n) is 15.5. The summed E-state index contributed by atoms with van der Waals surface area (Å²) in [5.74, 6) is -1.14. The molecule has 1 N–H and O–H groups in total. The number of aryl methyl sites for hydroxylation is 1. The van der Waals surface area contributed by atoms with Gasteiger partial charge in [-0.1, -0.05) is 18.2 Å². The van der Waals surface area contributed by atoms with Crippen molar-refractivity contribution in [1.29, 1.82) is 0 Å². The largest absolute Gasteiger partial charge is 0.359 e. The fourth-order valence-electron chi connectivity index (χ4n) is 3.52. The van der Waals surface area contributed by atoms with Crippen molar-refractivity contribution in [2.45, 2.75) is 6.92 Å². The first-order chi connectivity index (χ1) is 13.6. The van der Waals surface area contributed by atoms with Gasteiger partial charge in [0.2, 0.25) is 0 Å². The van der Waals surface area contributed by atoms with Gasteiger partial charge in [0, 0.05) is 49.5 Å². The quantitative estimate of drug-likeness (QED) is 0.560. The molecule has 0 radical (unpaired) electrons. The van der Waals surface area contributed by atoms with Crippen LogP contribution in [0.15, 0.2) is 48.8 Å². The molecule has 1 fully saturated rings. The lowest BCUT2D eigenvalue weighted by Crippen LogP contribution is -2.52. The van der Waals surface area contributed by atoms with E-state index in [1.54, 1.807) is 35.5 Å². The standard InChI is InChI=1S/C21H20N4O3/c1-14-18-16(7-8-22-14)17(13-23-18)19(26)21(28)25-11-9-24(10-12-25)20(27)15-5-3-2-4-6-15/h2-8,13,23H,9-12H2,1H3. The van der Waals surface area contributed by atoms with Gasteiger partial charge in [0.1, 0.15) is 0 Å². The highest BCUT2D eigenvalue weighted by molar-refractivity contribution is 6.44. The molecule has 1 aromatic carbocycles. The number of hydrogen-bond donors (Lipinski definition) is 1. The van der Waals surface area contributed by atoms with E-state index >= 15 is 0 Å². The summed E-state index contributed by atoms with van der Waals surface area (Å²) in [6, 6.07) is 10.8. The van der Waals surface area contributed by atoms with Crippen molar-refractivity contribution in [2.24, 2.45) is 0 Å². The molecule has 7 heteroatoms. The molecule has 1 aliphatic heterocycles. The summed E-state index contributed by atoms with van der Waals surface area (Å²) in [5, 5.41) is 0.698. The highest BCUT2D eigenvalue weighted by atomic mass is 16.2. The third-order valence-electron chi connectivity index (χ3n) is 5.11. The Kier molecular flexibility index (Phi) is 4.65. The van der Waals surface area contributed by atoms with Gasteiger partial charge in [-0.3, -0.25) is 19.4 Å². The number of benzene rings is 1. The molecule has 3 heterocycles. The van der Waals surface area contributed by atoms with Gasteiger partial charge in [0.25, 0.3) is 17.6 Å². The normalized spacial score (nSPS) is 14.3. The molecule has 1 saturated heterocycles. The molecule has 0 bridgehead atoms. The molecule has 0 saturated carbocycles. The maximum absolute atomic E-state index is 12.8. The lowest BCUT2D eigenvalue weighted by atomic mass is 10.1. The van der Waals surface area contributed by atoms with Gasteiger partial charge in [-0.05, 0) is 25.1 Å². The molecular weight excluding hydrogens is 356 g/mol. The van der Waals surface area contributed by atoms with Crippen LogP contribution in [0.1, 0.15) is 26.4 Å². The molecule has 142 valence electrons. The van der Waals surface area contributed by atoms with Crippen LogP contribution in [0.25, 0.3) is 10.9 Å². The van der Waals surface area contributed by atoms with Crippen LogP contribution in [0, 0.1) is 6.92 Å². The van der Waals surface area contributed by atoms with Gasteiger partial charge in [-0.2, -0.15) is 0 Å². The van der Waals surface area contributed by atoms with Crippen molar-refractivity contribution in [3.8, 4) is 0 Å². The number of rotatable bonds is 3. The molecule has 7 nitrogen and oxygen atoms in total. The van der Waals surface area contributed by atoms with Gasteiger partial charge in [-0.25, -0.2) is 0 Å². The molecule has 0 unspecified atom stereocenters. The van der Waals surface area contributed by atoms with E-state index in [0.29, 0.717) is 42.7 Å². The Morgan fingerprint density at radius 1 is 0.964 bits per heavy atom. The monoisotopic (exact) mass is 376 g/mol. The summed E-state index contributed by atoms with van der Waals surface area (Å²) in [7, 11) is 0. The van der Waals surface area contributed by atoms with Crippen LogP contribution in [0.5, 0.6) is 0 Å². The van der Waals surface area contributed by atoms with Gasteiger partial charge >= 0.3 is 0 Å². The lowest BCUT2D eigenvalue weighted by Gasteiger charge is -2.34.